The van der Waals surface area contributed by atoms with E-state index in [-0.39, 0.29) is 11.9 Å². The monoisotopic (exact) mass is 359 g/mol. The molecule has 1 aliphatic rings. The van der Waals surface area contributed by atoms with Gasteiger partial charge in [-0.25, -0.2) is 0 Å². The molecule has 0 saturated heterocycles. The minimum atomic E-state index is -0.119. The Bertz CT molecular complexity index is 955. The average molecular weight is 359 g/mol. The summed E-state index contributed by atoms with van der Waals surface area (Å²) in [5.74, 6) is 0.405. The third-order valence-corrected chi connectivity index (χ3v) is 5.06. The SMILES string of the molecule is Cc1ccc(C2NC(=O)c3nn(Cc4ccccc4)c(CC(C)C)c32)cc1. The zero-order chi connectivity index (χ0) is 19.0. The van der Waals surface area contributed by atoms with Gasteiger partial charge in [0.15, 0.2) is 5.69 Å². The van der Waals surface area contributed by atoms with Gasteiger partial charge in [-0.15, -0.1) is 0 Å². The first-order chi connectivity index (χ1) is 13.0. The minimum Gasteiger partial charge on any atom is -0.340 e. The van der Waals surface area contributed by atoms with Gasteiger partial charge in [0, 0.05) is 11.3 Å². The van der Waals surface area contributed by atoms with E-state index in [2.05, 4.69) is 62.5 Å². The maximum atomic E-state index is 12.6. The highest BCUT2D eigenvalue weighted by molar-refractivity contribution is 5.98. The van der Waals surface area contributed by atoms with E-state index in [1.807, 2.05) is 22.9 Å². The minimum absolute atomic E-state index is 0.0765. The lowest BCUT2D eigenvalue weighted by atomic mass is 9.95. The molecule has 1 N–H and O–H groups in total. The Morgan fingerprint density at radius 3 is 2.44 bits per heavy atom. The molecule has 0 fully saturated rings. The topological polar surface area (TPSA) is 46.9 Å². The maximum Gasteiger partial charge on any atom is 0.272 e. The van der Waals surface area contributed by atoms with Crippen molar-refractivity contribution in [3.05, 3.63) is 88.2 Å². The first-order valence-electron chi connectivity index (χ1n) is 9.54. The van der Waals surface area contributed by atoms with Crippen LogP contribution in [0.15, 0.2) is 54.6 Å². The molecule has 1 amide bonds. The van der Waals surface area contributed by atoms with Crippen molar-refractivity contribution in [1.82, 2.24) is 15.1 Å². The molecule has 2 heterocycles. The van der Waals surface area contributed by atoms with Crippen LogP contribution in [0.4, 0.5) is 0 Å². The van der Waals surface area contributed by atoms with Gasteiger partial charge in [-0.05, 0) is 30.4 Å². The summed E-state index contributed by atoms with van der Waals surface area (Å²) < 4.78 is 2.03. The fraction of sp³-hybridized carbons (Fsp3) is 0.304. The molecule has 0 bridgehead atoms. The van der Waals surface area contributed by atoms with Gasteiger partial charge in [0.1, 0.15) is 0 Å². The molecule has 4 heteroatoms. The van der Waals surface area contributed by atoms with Gasteiger partial charge in [0.05, 0.1) is 12.6 Å². The number of carbonyl (C=O) groups is 1. The number of aromatic nitrogens is 2. The molecule has 1 unspecified atom stereocenters. The second-order valence-electron chi connectivity index (χ2n) is 7.77. The van der Waals surface area contributed by atoms with E-state index in [9.17, 15) is 4.79 Å². The number of amides is 1. The van der Waals surface area contributed by atoms with Gasteiger partial charge in [-0.1, -0.05) is 74.0 Å². The lowest BCUT2D eigenvalue weighted by Crippen LogP contribution is -2.23. The van der Waals surface area contributed by atoms with Gasteiger partial charge < -0.3 is 5.32 Å². The van der Waals surface area contributed by atoms with Crippen molar-refractivity contribution in [2.75, 3.05) is 0 Å². The van der Waals surface area contributed by atoms with E-state index in [0.717, 1.165) is 23.2 Å². The summed E-state index contributed by atoms with van der Waals surface area (Å²) in [5, 5.41) is 7.84. The second-order valence-corrected chi connectivity index (χ2v) is 7.77. The number of fused-ring (bicyclic) bond motifs is 1. The Morgan fingerprint density at radius 1 is 1.07 bits per heavy atom. The van der Waals surface area contributed by atoms with Gasteiger partial charge in [0.2, 0.25) is 0 Å². The number of nitrogens with one attached hydrogen (secondary N) is 1. The van der Waals surface area contributed by atoms with Gasteiger partial charge in [-0.3, -0.25) is 9.48 Å². The Labute approximate surface area is 160 Å². The molecule has 0 aliphatic carbocycles. The van der Waals surface area contributed by atoms with Crippen LogP contribution in [-0.2, 0) is 13.0 Å². The van der Waals surface area contributed by atoms with Gasteiger partial charge in [-0.2, -0.15) is 5.10 Å². The Kier molecular flexibility index (Phi) is 4.56. The molecular weight excluding hydrogens is 334 g/mol. The highest BCUT2D eigenvalue weighted by atomic mass is 16.2. The molecule has 27 heavy (non-hydrogen) atoms. The second kappa shape index (κ2) is 7.03. The van der Waals surface area contributed by atoms with Crippen LogP contribution in [0.25, 0.3) is 0 Å². The summed E-state index contributed by atoms with van der Waals surface area (Å²) in [4.78, 5) is 12.6. The largest absolute Gasteiger partial charge is 0.340 e. The third kappa shape index (κ3) is 3.39. The van der Waals surface area contributed by atoms with Crippen LogP contribution in [0.1, 0.15) is 58.3 Å². The lowest BCUT2D eigenvalue weighted by molar-refractivity contribution is 0.0954. The molecule has 0 spiro atoms. The van der Waals surface area contributed by atoms with Crippen LogP contribution in [0.2, 0.25) is 0 Å². The molecule has 1 atom stereocenters. The Morgan fingerprint density at radius 2 is 1.78 bits per heavy atom. The highest BCUT2D eigenvalue weighted by Crippen LogP contribution is 2.35. The molecule has 1 aromatic heterocycles. The van der Waals surface area contributed by atoms with Gasteiger partial charge in [0.25, 0.3) is 5.91 Å². The van der Waals surface area contributed by atoms with Crippen molar-refractivity contribution < 1.29 is 4.79 Å². The van der Waals surface area contributed by atoms with Gasteiger partial charge >= 0.3 is 0 Å². The van der Waals surface area contributed by atoms with Crippen LogP contribution in [0.3, 0.4) is 0 Å². The average Bonchev–Trinajstić information content (AvgIpc) is 3.15. The third-order valence-electron chi connectivity index (χ3n) is 5.06. The summed E-state index contributed by atoms with van der Waals surface area (Å²) in [7, 11) is 0. The number of hydrogen-bond donors (Lipinski definition) is 1. The van der Waals surface area contributed by atoms with Crippen molar-refractivity contribution in [2.24, 2.45) is 5.92 Å². The van der Waals surface area contributed by atoms with E-state index >= 15 is 0 Å². The number of aryl methyl sites for hydroxylation is 1. The van der Waals surface area contributed by atoms with Crippen LogP contribution in [-0.4, -0.2) is 15.7 Å². The zero-order valence-electron chi connectivity index (χ0n) is 16.1. The number of nitrogens with zero attached hydrogens (tertiary/aromatic N) is 2. The van der Waals surface area contributed by atoms with Crippen LogP contribution >= 0.6 is 0 Å². The molecule has 138 valence electrons. The lowest BCUT2D eigenvalue weighted by Gasteiger charge is -2.17. The molecule has 4 rings (SSSR count). The number of carbonyl (C=O) groups excluding carboxylic acids is 1. The van der Waals surface area contributed by atoms with Crippen molar-refractivity contribution in [1.29, 1.82) is 0 Å². The van der Waals surface area contributed by atoms with Crippen LogP contribution in [0, 0.1) is 12.8 Å². The molecule has 2 aromatic carbocycles. The molecule has 1 aliphatic heterocycles. The summed E-state index contributed by atoms with van der Waals surface area (Å²) in [6, 6.07) is 18.6. The summed E-state index contributed by atoms with van der Waals surface area (Å²) in [5.41, 5.74) is 6.30. The standard InChI is InChI=1S/C23H25N3O/c1-15(2)13-19-20-21(18-11-9-16(3)10-12-18)24-23(27)22(20)25-26(19)14-17-7-5-4-6-8-17/h4-12,15,21H,13-14H2,1-3H3,(H,24,27). The van der Waals surface area contributed by atoms with E-state index in [1.165, 1.54) is 11.1 Å². The molecule has 0 saturated carbocycles. The Hall–Kier alpha value is -2.88. The van der Waals surface area contributed by atoms with Crippen LogP contribution < -0.4 is 5.32 Å². The summed E-state index contributed by atoms with van der Waals surface area (Å²) in [6.07, 6.45) is 0.895. The van der Waals surface area contributed by atoms with E-state index in [0.29, 0.717) is 18.2 Å². The molecular formula is C23H25N3O. The summed E-state index contributed by atoms with van der Waals surface area (Å²) in [6.45, 7) is 7.17. The van der Waals surface area contributed by atoms with E-state index < -0.39 is 0 Å². The van der Waals surface area contributed by atoms with Crippen molar-refractivity contribution in [2.45, 2.75) is 39.8 Å². The highest BCUT2D eigenvalue weighted by Gasteiger charge is 2.36. The van der Waals surface area contributed by atoms with Crippen molar-refractivity contribution >= 4 is 5.91 Å². The predicted molar refractivity (Wildman–Crippen MR) is 107 cm³/mol. The zero-order valence-corrected chi connectivity index (χ0v) is 16.1. The summed E-state index contributed by atoms with van der Waals surface area (Å²) >= 11 is 0. The van der Waals surface area contributed by atoms with E-state index in [1.54, 1.807) is 0 Å². The number of benzene rings is 2. The fourth-order valence-electron chi connectivity index (χ4n) is 3.75. The van der Waals surface area contributed by atoms with E-state index in [4.69, 9.17) is 5.10 Å². The van der Waals surface area contributed by atoms with Crippen molar-refractivity contribution in [3.63, 3.8) is 0 Å². The molecule has 0 radical (unpaired) electrons. The first-order valence-corrected chi connectivity index (χ1v) is 9.54. The molecule has 3 aromatic rings. The quantitative estimate of drug-likeness (QED) is 0.739. The Balaban J connectivity index is 1.79. The van der Waals surface area contributed by atoms with Crippen LogP contribution in [0.5, 0.6) is 0 Å². The first kappa shape index (κ1) is 17.5. The number of rotatable bonds is 5. The predicted octanol–water partition coefficient (Wildman–Crippen LogP) is 4.27. The smallest absolute Gasteiger partial charge is 0.272 e. The van der Waals surface area contributed by atoms with Crippen molar-refractivity contribution in [3.8, 4) is 0 Å². The number of hydrogen-bond acceptors (Lipinski definition) is 2. The fourth-order valence-corrected chi connectivity index (χ4v) is 3.75. The normalized spacial score (nSPS) is 15.9. The molecule has 4 nitrogen and oxygen atoms in total. The maximum absolute atomic E-state index is 12.6.